The summed E-state index contributed by atoms with van der Waals surface area (Å²) in [6.45, 7) is 1.96. The number of carbonyl (C=O) groups excluding carboxylic acids is 1. The molecule has 1 atom stereocenters. The van der Waals surface area contributed by atoms with Gasteiger partial charge in [0.15, 0.2) is 0 Å². The topological polar surface area (TPSA) is 42.0 Å². The van der Waals surface area contributed by atoms with Crippen LogP contribution >= 0.6 is 11.8 Å². The Morgan fingerprint density at radius 2 is 1.50 bits per heavy atom. The molecule has 132 valence electrons. The number of hydrogen-bond acceptors (Lipinski definition) is 3. The molecule has 26 heavy (non-hydrogen) atoms. The molecular formula is C22H22N2OS. The Kier molecular flexibility index (Phi) is 6.45. The fraction of sp³-hybridized carbons (Fsp3) is 0.182. The molecule has 0 bridgehead atoms. The van der Waals surface area contributed by atoms with Crippen molar-refractivity contribution in [2.75, 3.05) is 5.75 Å². The molecule has 0 fully saturated rings. The minimum atomic E-state index is -0.101. The van der Waals surface area contributed by atoms with Crippen LogP contribution in [-0.4, -0.2) is 16.6 Å². The van der Waals surface area contributed by atoms with Crippen LogP contribution in [0.5, 0.6) is 0 Å². The van der Waals surface area contributed by atoms with Gasteiger partial charge in [-0.3, -0.25) is 9.78 Å². The van der Waals surface area contributed by atoms with Crippen LogP contribution < -0.4 is 5.32 Å². The van der Waals surface area contributed by atoms with Crippen molar-refractivity contribution in [1.82, 2.24) is 10.3 Å². The van der Waals surface area contributed by atoms with Crippen molar-refractivity contribution < 1.29 is 4.79 Å². The molecule has 2 aromatic carbocycles. The molecule has 1 N–H and O–H groups in total. The van der Waals surface area contributed by atoms with Gasteiger partial charge in [0.05, 0.1) is 22.7 Å². The van der Waals surface area contributed by atoms with Crippen LogP contribution in [0.25, 0.3) is 0 Å². The zero-order valence-electron chi connectivity index (χ0n) is 14.7. The Hall–Kier alpha value is -2.59. The average Bonchev–Trinajstić information content (AvgIpc) is 2.70. The summed E-state index contributed by atoms with van der Waals surface area (Å²) < 4.78 is 0. The zero-order valence-corrected chi connectivity index (χ0v) is 15.5. The monoisotopic (exact) mass is 362 g/mol. The molecule has 1 unspecified atom stereocenters. The molecule has 0 aliphatic rings. The highest BCUT2D eigenvalue weighted by Crippen LogP contribution is 2.35. The Morgan fingerprint density at radius 3 is 2.04 bits per heavy atom. The third-order valence-corrected chi connectivity index (χ3v) is 5.40. The standard InChI is InChI=1S/C22H22N2OS/c1-17(20-14-8-9-15-23-20)24-21(25)16-26-22(18-10-4-2-5-11-18)19-12-6-3-7-13-19/h2-15,17,22H,16H2,1H3,(H,24,25). The first-order chi connectivity index (χ1) is 12.7. The lowest BCUT2D eigenvalue weighted by Crippen LogP contribution is -2.29. The average molecular weight is 362 g/mol. The molecule has 0 aliphatic heterocycles. The smallest absolute Gasteiger partial charge is 0.230 e. The van der Waals surface area contributed by atoms with E-state index in [-0.39, 0.29) is 17.2 Å². The highest BCUT2D eigenvalue weighted by atomic mass is 32.2. The molecule has 3 aromatic rings. The fourth-order valence-electron chi connectivity index (χ4n) is 2.79. The lowest BCUT2D eigenvalue weighted by atomic mass is 10.0. The summed E-state index contributed by atoms with van der Waals surface area (Å²) in [6.07, 6.45) is 1.74. The van der Waals surface area contributed by atoms with Gasteiger partial charge in [0.2, 0.25) is 5.91 Å². The number of nitrogens with zero attached hydrogens (tertiary/aromatic N) is 1. The molecule has 1 aromatic heterocycles. The van der Waals surface area contributed by atoms with E-state index < -0.39 is 0 Å². The summed E-state index contributed by atoms with van der Waals surface area (Å²) in [5.74, 6) is 0.413. The first-order valence-electron chi connectivity index (χ1n) is 8.66. The van der Waals surface area contributed by atoms with Gasteiger partial charge in [-0.05, 0) is 30.2 Å². The van der Waals surface area contributed by atoms with E-state index in [1.807, 2.05) is 61.5 Å². The van der Waals surface area contributed by atoms with E-state index in [9.17, 15) is 4.79 Å². The van der Waals surface area contributed by atoms with Gasteiger partial charge in [0.25, 0.3) is 0 Å². The lowest BCUT2D eigenvalue weighted by Gasteiger charge is -2.19. The van der Waals surface area contributed by atoms with Crippen LogP contribution in [0.15, 0.2) is 85.1 Å². The number of benzene rings is 2. The van der Waals surface area contributed by atoms with Crippen LogP contribution in [0, 0.1) is 0 Å². The van der Waals surface area contributed by atoms with E-state index in [2.05, 4.69) is 34.6 Å². The normalized spacial score (nSPS) is 11.9. The Bertz CT molecular complexity index is 770. The van der Waals surface area contributed by atoms with E-state index in [1.165, 1.54) is 11.1 Å². The summed E-state index contributed by atoms with van der Waals surface area (Å²) in [5, 5.41) is 3.16. The highest BCUT2D eigenvalue weighted by molar-refractivity contribution is 8.00. The number of thioether (sulfide) groups is 1. The molecule has 0 spiro atoms. The van der Waals surface area contributed by atoms with Crippen molar-refractivity contribution >= 4 is 17.7 Å². The number of amides is 1. The number of pyridine rings is 1. The van der Waals surface area contributed by atoms with Gasteiger partial charge in [-0.25, -0.2) is 0 Å². The number of carbonyl (C=O) groups is 1. The van der Waals surface area contributed by atoms with E-state index in [4.69, 9.17) is 0 Å². The summed E-state index contributed by atoms with van der Waals surface area (Å²) in [7, 11) is 0. The molecule has 3 nitrogen and oxygen atoms in total. The van der Waals surface area contributed by atoms with Crippen molar-refractivity contribution in [3.05, 3.63) is 102 Å². The molecule has 3 rings (SSSR count). The summed E-state index contributed by atoms with van der Waals surface area (Å²) >= 11 is 1.64. The first-order valence-corrected chi connectivity index (χ1v) is 9.70. The fourth-order valence-corrected chi connectivity index (χ4v) is 3.89. The second kappa shape index (κ2) is 9.20. The molecule has 4 heteroatoms. The largest absolute Gasteiger partial charge is 0.347 e. The second-order valence-electron chi connectivity index (χ2n) is 6.06. The van der Waals surface area contributed by atoms with Crippen molar-refractivity contribution in [1.29, 1.82) is 0 Å². The highest BCUT2D eigenvalue weighted by Gasteiger charge is 2.17. The third-order valence-electron chi connectivity index (χ3n) is 4.09. The Balaban J connectivity index is 1.65. The van der Waals surface area contributed by atoms with Gasteiger partial charge in [0.1, 0.15) is 0 Å². The van der Waals surface area contributed by atoms with Crippen LogP contribution in [-0.2, 0) is 4.79 Å². The van der Waals surface area contributed by atoms with E-state index in [0.29, 0.717) is 5.75 Å². The first kappa shape index (κ1) is 18.2. The maximum absolute atomic E-state index is 12.4. The minimum Gasteiger partial charge on any atom is -0.347 e. The van der Waals surface area contributed by atoms with Crippen molar-refractivity contribution in [2.45, 2.75) is 18.2 Å². The van der Waals surface area contributed by atoms with Crippen molar-refractivity contribution in [3.8, 4) is 0 Å². The molecule has 0 radical (unpaired) electrons. The van der Waals surface area contributed by atoms with Gasteiger partial charge < -0.3 is 5.32 Å². The lowest BCUT2D eigenvalue weighted by molar-refractivity contribution is -0.119. The molecule has 0 saturated carbocycles. The van der Waals surface area contributed by atoms with E-state index in [1.54, 1.807) is 18.0 Å². The minimum absolute atomic E-state index is 0.0185. The van der Waals surface area contributed by atoms with Gasteiger partial charge >= 0.3 is 0 Å². The van der Waals surface area contributed by atoms with Gasteiger partial charge in [-0.2, -0.15) is 0 Å². The Labute approximate surface area is 158 Å². The van der Waals surface area contributed by atoms with Crippen LogP contribution in [0.2, 0.25) is 0 Å². The molecule has 0 saturated heterocycles. The van der Waals surface area contributed by atoms with E-state index in [0.717, 1.165) is 5.69 Å². The van der Waals surface area contributed by atoms with Gasteiger partial charge in [-0.1, -0.05) is 66.7 Å². The van der Waals surface area contributed by atoms with Crippen molar-refractivity contribution in [2.24, 2.45) is 0 Å². The number of aromatic nitrogens is 1. The van der Waals surface area contributed by atoms with Crippen LogP contribution in [0.4, 0.5) is 0 Å². The molecular weight excluding hydrogens is 340 g/mol. The molecule has 1 heterocycles. The predicted octanol–water partition coefficient (Wildman–Crippen LogP) is 4.78. The number of nitrogens with one attached hydrogen (secondary N) is 1. The summed E-state index contributed by atoms with van der Waals surface area (Å²) in [4.78, 5) is 16.7. The Morgan fingerprint density at radius 1 is 0.923 bits per heavy atom. The SMILES string of the molecule is CC(NC(=O)CSC(c1ccccc1)c1ccccc1)c1ccccn1. The zero-order chi connectivity index (χ0) is 18.2. The number of rotatable bonds is 7. The summed E-state index contributed by atoms with van der Waals surface area (Å²) in [5.41, 5.74) is 3.28. The van der Waals surface area contributed by atoms with E-state index >= 15 is 0 Å². The van der Waals surface area contributed by atoms with Crippen LogP contribution in [0.3, 0.4) is 0 Å². The van der Waals surface area contributed by atoms with Gasteiger partial charge in [0, 0.05) is 6.20 Å². The molecule has 0 aliphatic carbocycles. The quantitative estimate of drug-likeness (QED) is 0.657. The third kappa shape index (κ3) is 4.96. The maximum Gasteiger partial charge on any atom is 0.230 e. The van der Waals surface area contributed by atoms with Crippen molar-refractivity contribution in [3.63, 3.8) is 0 Å². The maximum atomic E-state index is 12.4. The summed E-state index contributed by atoms with van der Waals surface area (Å²) in [6, 6.07) is 26.2. The van der Waals surface area contributed by atoms with Crippen LogP contribution in [0.1, 0.15) is 35.0 Å². The predicted molar refractivity (Wildman–Crippen MR) is 108 cm³/mol. The van der Waals surface area contributed by atoms with Gasteiger partial charge in [-0.15, -0.1) is 11.8 Å². The number of hydrogen-bond donors (Lipinski definition) is 1. The molecule has 1 amide bonds. The second-order valence-corrected chi connectivity index (χ2v) is 7.15.